The van der Waals surface area contributed by atoms with Crippen LogP contribution in [-0.4, -0.2) is 160 Å². The predicted octanol–water partition coefficient (Wildman–Crippen LogP) is 6.31. The Balaban J connectivity index is 4.52. The molecule has 0 aliphatic rings. The van der Waals surface area contributed by atoms with Crippen LogP contribution in [0.25, 0.3) is 0 Å². The van der Waals surface area contributed by atoms with E-state index in [1.54, 1.807) is 7.05 Å². The summed E-state index contributed by atoms with van der Waals surface area (Å²) in [4.78, 5) is 73.5. The highest BCUT2D eigenvalue weighted by Gasteiger charge is 2.31. The van der Waals surface area contributed by atoms with Gasteiger partial charge in [0.05, 0.1) is 59.5 Å². The van der Waals surface area contributed by atoms with Crippen LogP contribution in [0.15, 0.2) is 0 Å². The van der Waals surface area contributed by atoms with Crippen molar-refractivity contribution < 1.29 is 61.9 Å². The first kappa shape index (κ1) is 69.1. The number of hydrogen-bond acceptors (Lipinski definition) is 15. The first-order chi connectivity index (χ1) is 34.6. The number of amides is 3. The molecule has 0 radical (unpaired) electrons. The van der Waals surface area contributed by atoms with E-state index >= 15 is 0 Å². The summed E-state index contributed by atoms with van der Waals surface area (Å²) in [6, 6.07) is 0.0890. The van der Waals surface area contributed by atoms with Crippen LogP contribution in [0.2, 0.25) is 0 Å². The molecule has 0 heterocycles. The van der Waals surface area contributed by atoms with Crippen LogP contribution in [0.1, 0.15) is 176 Å². The first-order valence-corrected chi connectivity index (χ1v) is 27.4. The summed E-state index contributed by atoms with van der Waals surface area (Å²) in [6.07, 6.45) is 11.6. The Morgan fingerprint density at radius 1 is 0.472 bits per heavy atom. The Morgan fingerprint density at radius 3 is 1.28 bits per heavy atom. The molecule has 72 heavy (non-hydrogen) atoms. The van der Waals surface area contributed by atoms with Crippen molar-refractivity contribution in [3.63, 3.8) is 0 Å². The molecule has 0 rings (SSSR count). The van der Waals surface area contributed by atoms with Gasteiger partial charge in [0.2, 0.25) is 17.7 Å². The highest BCUT2D eigenvalue weighted by molar-refractivity contribution is 5.80. The third-order valence-corrected chi connectivity index (χ3v) is 12.5. The zero-order valence-electron chi connectivity index (χ0n) is 46.4. The number of unbranched alkanes of at least 4 members (excludes halogenated alkanes) is 3. The molecule has 0 aromatic carbocycles. The Labute approximate surface area is 434 Å². The number of nitrogens with two attached hydrogens (primary N) is 1. The van der Waals surface area contributed by atoms with Crippen LogP contribution in [0, 0.1) is 10.8 Å². The van der Waals surface area contributed by atoms with E-state index in [9.17, 15) is 28.8 Å². The second-order valence-electron chi connectivity index (χ2n) is 19.8. The van der Waals surface area contributed by atoms with Crippen LogP contribution < -0.4 is 27.0 Å². The molecule has 18 heteroatoms. The molecule has 3 amide bonds. The maximum Gasteiger partial charge on any atom is 0.221 e. The minimum atomic E-state index is -0.396. The van der Waals surface area contributed by atoms with E-state index in [4.69, 9.17) is 38.9 Å². The van der Waals surface area contributed by atoms with Crippen LogP contribution in [-0.2, 0) is 61.9 Å². The van der Waals surface area contributed by atoms with Gasteiger partial charge in [0.15, 0.2) is 0 Å². The van der Waals surface area contributed by atoms with Gasteiger partial charge in [-0.3, -0.25) is 28.8 Å². The van der Waals surface area contributed by atoms with E-state index in [-0.39, 0.29) is 58.8 Å². The van der Waals surface area contributed by atoms with Crippen molar-refractivity contribution in [2.75, 3.05) is 107 Å². The third kappa shape index (κ3) is 39.5. The van der Waals surface area contributed by atoms with Gasteiger partial charge in [-0.2, -0.15) is 0 Å². The summed E-state index contributed by atoms with van der Waals surface area (Å²) in [5.41, 5.74) is 5.16. The minimum absolute atomic E-state index is 0.00828. The number of nitrogens with one attached hydrogen (secondary N) is 4. The highest BCUT2D eigenvalue weighted by atomic mass is 16.5. The SMILES string of the molecule is CCCOC(C)NC(=O)CCCCC(=O)CCCOCC(CC)(COCCCC(=O)CCCCC(=O)NCCOCC(CC)(COCCCC(=O)CCCCC(=O)NC)COCC(C)NC)COCC(C)N. The van der Waals surface area contributed by atoms with Crippen molar-refractivity contribution in [3.8, 4) is 0 Å². The lowest BCUT2D eigenvalue weighted by Gasteiger charge is -2.32. The first-order valence-electron chi connectivity index (χ1n) is 27.4. The van der Waals surface area contributed by atoms with Crippen LogP contribution in [0.5, 0.6) is 0 Å². The van der Waals surface area contributed by atoms with Crippen molar-refractivity contribution in [1.29, 1.82) is 0 Å². The van der Waals surface area contributed by atoms with E-state index in [1.807, 2.05) is 34.7 Å². The second kappa shape index (κ2) is 45.5. The van der Waals surface area contributed by atoms with Gasteiger partial charge in [0.25, 0.3) is 0 Å². The molecule has 5 atom stereocenters. The Morgan fingerprint density at radius 2 is 0.861 bits per heavy atom. The maximum atomic E-state index is 12.7. The zero-order chi connectivity index (χ0) is 53.7. The lowest BCUT2D eigenvalue weighted by Crippen LogP contribution is -2.39. The molecule has 6 N–H and O–H groups in total. The number of hydrogen-bond donors (Lipinski definition) is 5. The molecule has 0 saturated carbocycles. The molecule has 5 unspecified atom stereocenters. The minimum Gasteiger partial charge on any atom is -0.381 e. The molecule has 0 saturated heterocycles. The summed E-state index contributed by atoms with van der Waals surface area (Å²) in [5.74, 6) is 0.339. The summed E-state index contributed by atoms with van der Waals surface area (Å²) >= 11 is 0. The fourth-order valence-electron chi connectivity index (χ4n) is 7.44. The van der Waals surface area contributed by atoms with Gasteiger partial charge in [0, 0.05) is 121 Å². The van der Waals surface area contributed by atoms with Crippen LogP contribution >= 0.6 is 0 Å². The van der Waals surface area contributed by atoms with E-state index in [0.717, 1.165) is 19.3 Å². The number of ether oxygens (including phenoxy) is 7. The van der Waals surface area contributed by atoms with Crippen molar-refractivity contribution in [2.45, 2.75) is 195 Å². The fourth-order valence-corrected chi connectivity index (χ4v) is 7.44. The van der Waals surface area contributed by atoms with Gasteiger partial charge in [-0.05, 0) is 105 Å². The lowest BCUT2D eigenvalue weighted by molar-refractivity contribution is -0.125. The fraction of sp³-hybridized carbons (Fsp3) is 0.889. The predicted molar refractivity (Wildman–Crippen MR) is 282 cm³/mol. The lowest BCUT2D eigenvalue weighted by atomic mass is 9.88. The summed E-state index contributed by atoms with van der Waals surface area (Å²) in [7, 11) is 3.50. The normalized spacial score (nSPS) is 14.5. The Kier molecular flexibility index (Phi) is 43.6. The van der Waals surface area contributed by atoms with E-state index in [2.05, 4.69) is 35.1 Å². The molecule has 0 aromatic heterocycles. The molecule has 18 nitrogen and oxygen atoms in total. The summed E-state index contributed by atoms with van der Waals surface area (Å²) in [5, 5.41) is 11.5. The molecule has 0 bridgehead atoms. The van der Waals surface area contributed by atoms with Crippen molar-refractivity contribution in [2.24, 2.45) is 16.6 Å². The number of ketones is 3. The van der Waals surface area contributed by atoms with Gasteiger partial charge in [0.1, 0.15) is 23.6 Å². The average molecular weight is 1030 g/mol. The molecule has 422 valence electrons. The summed E-state index contributed by atoms with van der Waals surface area (Å²) < 4.78 is 41.8. The number of rotatable bonds is 53. The molecule has 0 aromatic rings. The largest absolute Gasteiger partial charge is 0.381 e. The van der Waals surface area contributed by atoms with Gasteiger partial charge in [-0.1, -0.05) is 20.8 Å². The Bertz CT molecular complexity index is 1430. The molecular formula is C54H103N5O13. The number of carbonyl (C=O) groups is 6. The topological polar surface area (TPSA) is 241 Å². The van der Waals surface area contributed by atoms with Gasteiger partial charge in [-0.25, -0.2) is 0 Å². The van der Waals surface area contributed by atoms with Crippen molar-refractivity contribution in [1.82, 2.24) is 21.3 Å². The highest BCUT2D eigenvalue weighted by Crippen LogP contribution is 2.26. The second-order valence-corrected chi connectivity index (χ2v) is 19.8. The number of likely N-dealkylation sites (N-methyl/N-ethyl adjacent to an activating group) is 1. The Hall–Kier alpha value is -2.94. The number of Topliss-reactive ketones (excluding diaryl/α,β-unsaturated/α-hetero) is 3. The molecular weight excluding hydrogens is 927 g/mol. The van der Waals surface area contributed by atoms with Crippen molar-refractivity contribution >= 4 is 35.1 Å². The zero-order valence-corrected chi connectivity index (χ0v) is 46.4. The van der Waals surface area contributed by atoms with Crippen LogP contribution in [0.4, 0.5) is 0 Å². The van der Waals surface area contributed by atoms with E-state index in [1.165, 1.54) is 0 Å². The quantitative estimate of drug-likeness (QED) is 0.0331. The third-order valence-electron chi connectivity index (χ3n) is 12.5. The van der Waals surface area contributed by atoms with E-state index in [0.29, 0.717) is 208 Å². The number of carbonyl (C=O) groups excluding carboxylic acids is 6. The average Bonchev–Trinajstić information content (AvgIpc) is 3.35. The van der Waals surface area contributed by atoms with Crippen LogP contribution in [0.3, 0.4) is 0 Å². The van der Waals surface area contributed by atoms with Gasteiger partial charge in [-0.15, -0.1) is 0 Å². The molecule has 0 aliphatic heterocycles. The standard InChI is InChI=1S/C54H103N5O13/c1-9-31-72-46(6)59-52(65)29-17-14-23-49(62)26-20-33-67-39-53(10-2,42-70-36-44(4)55)38-66-32-19-25-48(61)22-13-16-28-51(64)58-30-35-69-41-54(11-3,43-71-37-45(5)56-7)40-68-34-18-24-47(60)21-12-15-27-50(63)57-8/h44-46,56H,9-43,55H2,1-8H3,(H,57,63)(H,58,64)(H,59,65). The maximum absolute atomic E-state index is 12.7. The van der Waals surface area contributed by atoms with Gasteiger partial charge < -0.3 is 60.2 Å². The smallest absolute Gasteiger partial charge is 0.221 e. The van der Waals surface area contributed by atoms with Gasteiger partial charge >= 0.3 is 0 Å². The molecule has 0 spiro atoms. The van der Waals surface area contributed by atoms with Crippen molar-refractivity contribution in [3.05, 3.63) is 0 Å². The summed E-state index contributed by atoms with van der Waals surface area (Å²) in [6.45, 7) is 18.0. The molecule has 0 aliphatic carbocycles. The van der Waals surface area contributed by atoms with E-state index < -0.39 is 5.41 Å². The monoisotopic (exact) mass is 1030 g/mol. The molecule has 0 fully saturated rings.